The average Bonchev–Trinajstić information content (AvgIpc) is 3.10. The van der Waals surface area contributed by atoms with Crippen molar-refractivity contribution in [1.82, 2.24) is 5.16 Å². The first-order valence-electron chi connectivity index (χ1n) is 8.18. The molecule has 7 nitrogen and oxygen atoms in total. The van der Waals surface area contributed by atoms with E-state index in [9.17, 15) is 8.42 Å². The summed E-state index contributed by atoms with van der Waals surface area (Å²) in [4.78, 5) is 0. The van der Waals surface area contributed by atoms with Crippen LogP contribution in [0.3, 0.4) is 0 Å². The molecule has 1 N–H and O–H groups in total. The highest BCUT2D eigenvalue weighted by atomic mass is 32.2. The number of ether oxygens (including phenoxy) is 2. The molecule has 3 rings (SSSR count). The Morgan fingerprint density at radius 2 is 1.81 bits per heavy atom. The Morgan fingerprint density at radius 1 is 1.04 bits per heavy atom. The molecule has 0 bridgehead atoms. The van der Waals surface area contributed by atoms with Crippen molar-refractivity contribution in [1.29, 1.82) is 0 Å². The van der Waals surface area contributed by atoms with Crippen molar-refractivity contribution in [3.8, 4) is 17.1 Å². The van der Waals surface area contributed by atoms with Crippen LogP contribution in [-0.2, 0) is 27.1 Å². The Morgan fingerprint density at radius 3 is 2.52 bits per heavy atom. The molecule has 0 saturated heterocycles. The summed E-state index contributed by atoms with van der Waals surface area (Å²) < 4.78 is 42.9. The number of methoxy groups -OCH3 is 2. The molecule has 0 radical (unpaired) electrons. The van der Waals surface area contributed by atoms with E-state index in [4.69, 9.17) is 14.0 Å². The average molecular weight is 388 g/mol. The van der Waals surface area contributed by atoms with Gasteiger partial charge in [-0.15, -0.1) is 0 Å². The lowest BCUT2D eigenvalue weighted by Gasteiger charge is -2.08. The first-order chi connectivity index (χ1) is 13.0. The van der Waals surface area contributed by atoms with Gasteiger partial charge in [-0.05, 0) is 23.3 Å². The molecule has 0 aliphatic heterocycles. The van der Waals surface area contributed by atoms with Crippen molar-refractivity contribution in [2.75, 3.05) is 18.9 Å². The summed E-state index contributed by atoms with van der Waals surface area (Å²) in [6.45, 7) is 0.432. The maximum atomic E-state index is 12.3. The fourth-order valence-electron chi connectivity index (χ4n) is 2.64. The van der Waals surface area contributed by atoms with E-state index in [1.807, 2.05) is 18.2 Å². The normalized spacial score (nSPS) is 11.3. The molecule has 1 heterocycles. The van der Waals surface area contributed by atoms with Crippen LogP contribution in [0, 0.1) is 0 Å². The minimum atomic E-state index is -3.61. The van der Waals surface area contributed by atoms with Crippen LogP contribution >= 0.6 is 0 Å². The van der Waals surface area contributed by atoms with E-state index in [1.165, 1.54) is 6.07 Å². The number of sulfonamides is 1. The minimum absolute atomic E-state index is 0.111. The second-order valence-electron chi connectivity index (χ2n) is 5.89. The minimum Gasteiger partial charge on any atom is -0.496 e. The second-order valence-corrected chi connectivity index (χ2v) is 7.61. The molecule has 0 spiro atoms. The lowest BCUT2D eigenvalue weighted by atomic mass is 10.1. The van der Waals surface area contributed by atoms with Gasteiger partial charge in [-0.1, -0.05) is 41.6 Å². The molecular formula is C19H20N2O5S. The predicted molar refractivity (Wildman–Crippen MR) is 102 cm³/mol. The summed E-state index contributed by atoms with van der Waals surface area (Å²) in [5.41, 5.74) is 2.27. The molecular weight excluding hydrogens is 368 g/mol. The fraction of sp³-hybridized carbons (Fsp3) is 0.211. The number of aromatic nitrogens is 1. The van der Waals surface area contributed by atoms with Gasteiger partial charge in [-0.25, -0.2) is 8.42 Å². The van der Waals surface area contributed by atoms with Gasteiger partial charge in [-0.3, -0.25) is 4.72 Å². The maximum absolute atomic E-state index is 12.3. The monoisotopic (exact) mass is 388 g/mol. The Hall–Kier alpha value is -2.84. The van der Waals surface area contributed by atoms with Crippen molar-refractivity contribution in [2.45, 2.75) is 12.4 Å². The van der Waals surface area contributed by atoms with Crippen LogP contribution in [0.5, 0.6) is 5.75 Å². The lowest BCUT2D eigenvalue weighted by molar-refractivity contribution is 0.185. The summed E-state index contributed by atoms with van der Waals surface area (Å²) in [7, 11) is -0.453. The quantitative estimate of drug-likeness (QED) is 0.636. The molecule has 2 aromatic carbocycles. The molecule has 3 aromatic rings. The first kappa shape index (κ1) is 18.9. The van der Waals surface area contributed by atoms with Gasteiger partial charge in [0.25, 0.3) is 0 Å². The van der Waals surface area contributed by atoms with Gasteiger partial charge in [0.1, 0.15) is 5.75 Å². The van der Waals surface area contributed by atoms with Crippen molar-refractivity contribution in [3.63, 3.8) is 0 Å². The molecule has 142 valence electrons. The van der Waals surface area contributed by atoms with E-state index in [2.05, 4.69) is 9.88 Å². The summed E-state index contributed by atoms with van der Waals surface area (Å²) in [6, 6.07) is 16.0. The van der Waals surface area contributed by atoms with Crippen LogP contribution in [0.4, 0.5) is 5.82 Å². The zero-order valence-corrected chi connectivity index (χ0v) is 15.8. The number of anilines is 1. The standard InChI is InChI=1S/C19H20N2O5S/c1-24-12-15-8-9-17(25-2)16(10-15)18-11-19(20-26-18)21-27(22,23)13-14-6-4-3-5-7-14/h3-11H,12-13H2,1-2H3,(H,20,21). The highest BCUT2D eigenvalue weighted by Crippen LogP contribution is 2.32. The molecule has 0 aliphatic rings. The van der Waals surface area contributed by atoms with Gasteiger partial charge in [0.05, 0.1) is 25.0 Å². The fourth-order valence-corrected chi connectivity index (χ4v) is 3.76. The van der Waals surface area contributed by atoms with Gasteiger partial charge in [0.2, 0.25) is 10.0 Å². The Balaban J connectivity index is 1.81. The number of nitrogens with zero attached hydrogens (tertiary/aromatic N) is 1. The Bertz CT molecular complexity index is 1000. The third kappa shape index (κ3) is 4.87. The van der Waals surface area contributed by atoms with Crippen LogP contribution in [0.1, 0.15) is 11.1 Å². The van der Waals surface area contributed by atoms with Crippen molar-refractivity contribution < 1.29 is 22.4 Å². The lowest BCUT2D eigenvalue weighted by Crippen LogP contribution is -2.15. The van der Waals surface area contributed by atoms with E-state index in [1.54, 1.807) is 44.6 Å². The van der Waals surface area contributed by atoms with Gasteiger partial charge in [-0.2, -0.15) is 0 Å². The van der Waals surface area contributed by atoms with Crippen molar-refractivity contribution >= 4 is 15.8 Å². The van der Waals surface area contributed by atoms with E-state index < -0.39 is 10.0 Å². The molecule has 1 aromatic heterocycles. The summed E-state index contributed by atoms with van der Waals surface area (Å²) in [6.07, 6.45) is 0. The SMILES string of the molecule is COCc1ccc(OC)c(-c2cc(NS(=O)(=O)Cc3ccccc3)no2)c1. The highest BCUT2D eigenvalue weighted by molar-refractivity contribution is 7.91. The smallest absolute Gasteiger partial charge is 0.238 e. The topological polar surface area (TPSA) is 90.7 Å². The van der Waals surface area contributed by atoms with Crippen LogP contribution in [0.15, 0.2) is 59.1 Å². The van der Waals surface area contributed by atoms with Gasteiger partial charge < -0.3 is 14.0 Å². The van der Waals surface area contributed by atoms with E-state index in [0.717, 1.165) is 5.56 Å². The Kier molecular flexibility index (Phi) is 5.78. The van der Waals surface area contributed by atoms with Crippen molar-refractivity contribution in [2.24, 2.45) is 0 Å². The zero-order chi connectivity index (χ0) is 19.3. The van der Waals surface area contributed by atoms with Crippen LogP contribution in [0.2, 0.25) is 0 Å². The predicted octanol–water partition coefficient (Wildman–Crippen LogP) is 3.44. The van der Waals surface area contributed by atoms with E-state index in [0.29, 0.717) is 29.2 Å². The maximum Gasteiger partial charge on any atom is 0.238 e. The Labute approximate surface area is 158 Å². The van der Waals surface area contributed by atoms with Gasteiger partial charge >= 0.3 is 0 Å². The summed E-state index contributed by atoms with van der Waals surface area (Å²) >= 11 is 0. The number of benzene rings is 2. The molecule has 8 heteroatoms. The number of nitrogens with one attached hydrogen (secondary N) is 1. The summed E-state index contributed by atoms with van der Waals surface area (Å²) in [5.74, 6) is 0.940. The van der Waals surface area contributed by atoms with Gasteiger partial charge in [0, 0.05) is 13.2 Å². The molecule has 0 saturated carbocycles. The third-order valence-electron chi connectivity index (χ3n) is 3.81. The number of hydrogen-bond acceptors (Lipinski definition) is 6. The first-order valence-corrected chi connectivity index (χ1v) is 9.83. The number of rotatable bonds is 8. The van der Waals surface area contributed by atoms with Crippen molar-refractivity contribution in [3.05, 3.63) is 65.7 Å². The van der Waals surface area contributed by atoms with Crippen LogP contribution in [-0.4, -0.2) is 27.8 Å². The van der Waals surface area contributed by atoms with Gasteiger partial charge in [0.15, 0.2) is 11.6 Å². The largest absolute Gasteiger partial charge is 0.496 e. The van der Waals surface area contributed by atoms with Crippen LogP contribution in [0.25, 0.3) is 11.3 Å². The van der Waals surface area contributed by atoms with E-state index in [-0.39, 0.29) is 11.6 Å². The number of hydrogen-bond donors (Lipinski definition) is 1. The van der Waals surface area contributed by atoms with Crippen LogP contribution < -0.4 is 9.46 Å². The second kappa shape index (κ2) is 8.24. The molecule has 0 aliphatic carbocycles. The third-order valence-corrected chi connectivity index (χ3v) is 5.04. The zero-order valence-electron chi connectivity index (χ0n) is 15.0. The highest BCUT2D eigenvalue weighted by Gasteiger charge is 2.17. The van der Waals surface area contributed by atoms with E-state index >= 15 is 0 Å². The molecule has 0 fully saturated rings. The summed E-state index contributed by atoms with van der Waals surface area (Å²) in [5, 5.41) is 3.82. The molecule has 0 atom stereocenters. The molecule has 0 amide bonds. The molecule has 0 unspecified atom stereocenters. The molecule has 27 heavy (non-hydrogen) atoms.